The number of hydrogen-bond acceptors (Lipinski definition) is 7. The number of quaternary nitrogens is 1. The Morgan fingerprint density at radius 3 is 1.28 bits per heavy atom. The van der Waals surface area contributed by atoms with Gasteiger partial charge in [0.05, 0.1) is 33.8 Å². The minimum atomic E-state index is -4.71. The van der Waals surface area contributed by atoms with Crippen molar-refractivity contribution in [3.05, 3.63) is 72.9 Å². The van der Waals surface area contributed by atoms with E-state index in [-0.39, 0.29) is 31.3 Å². The molecule has 3 atom stereocenters. The van der Waals surface area contributed by atoms with E-state index in [0.717, 1.165) is 64.2 Å². The first kappa shape index (κ1) is 72.5. The number of amides is 1. The van der Waals surface area contributed by atoms with Crippen molar-refractivity contribution < 1.29 is 37.3 Å². The predicted molar refractivity (Wildman–Crippen MR) is 321 cm³/mol. The highest BCUT2D eigenvalue weighted by Gasteiger charge is 2.27. The number of ether oxygens (including phenoxy) is 1. The summed E-state index contributed by atoms with van der Waals surface area (Å²) >= 11 is 0. The van der Waals surface area contributed by atoms with Crippen LogP contribution in [-0.4, -0.2) is 69.4 Å². The van der Waals surface area contributed by atoms with Crippen molar-refractivity contribution in [3.8, 4) is 0 Å². The van der Waals surface area contributed by atoms with Crippen molar-refractivity contribution >= 4 is 19.7 Å². The van der Waals surface area contributed by atoms with Crippen LogP contribution in [0.3, 0.4) is 0 Å². The van der Waals surface area contributed by atoms with Crippen LogP contribution in [0.1, 0.15) is 278 Å². The highest BCUT2D eigenvalue weighted by Crippen LogP contribution is 2.38. The molecule has 436 valence electrons. The van der Waals surface area contributed by atoms with Crippen molar-refractivity contribution in [2.45, 2.75) is 290 Å². The molecule has 75 heavy (non-hydrogen) atoms. The number of likely N-dealkylation sites (N-methyl/N-ethyl adjacent to an activating group) is 1. The van der Waals surface area contributed by atoms with Gasteiger partial charge in [-0.1, -0.05) is 242 Å². The van der Waals surface area contributed by atoms with Crippen LogP contribution in [0.5, 0.6) is 0 Å². The molecule has 9 nitrogen and oxygen atoms in total. The molecule has 1 N–H and O–H groups in total. The Labute approximate surface area is 463 Å². The molecule has 0 saturated carbocycles. The second-order valence-corrected chi connectivity index (χ2v) is 23.6. The van der Waals surface area contributed by atoms with Gasteiger partial charge in [-0.2, -0.15) is 0 Å². The van der Waals surface area contributed by atoms with Crippen molar-refractivity contribution in [1.29, 1.82) is 0 Å². The van der Waals surface area contributed by atoms with Gasteiger partial charge in [-0.05, 0) is 96.0 Å². The first-order valence-electron chi connectivity index (χ1n) is 31.2. The molecule has 0 spiro atoms. The molecule has 0 radical (unpaired) electrons. The first-order chi connectivity index (χ1) is 36.4. The van der Waals surface area contributed by atoms with Gasteiger partial charge >= 0.3 is 5.97 Å². The van der Waals surface area contributed by atoms with Crippen molar-refractivity contribution in [3.63, 3.8) is 0 Å². The topological polar surface area (TPSA) is 114 Å². The molecular weight excluding hydrogens is 952 g/mol. The molecule has 0 aliphatic rings. The third kappa shape index (κ3) is 56.0. The van der Waals surface area contributed by atoms with Crippen molar-refractivity contribution in [1.82, 2.24) is 5.32 Å². The Balaban J connectivity index is 5.26. The van der Waals surface area contributed by atoms with Gasteiger partial charge in [-0.25, -0.2) is 0 Å². The molecule has 0 aromatic carbocycles. The zero-order valence-electron chi connectivity index (χ0n) is 49.7. The van der Waals surface area contributed by atoms with Gasteiger partial charge in [-0.3, -0.25) is 14.2 Å². The molecule has 0 aromatic heterocycles. The Kier molecular flexibility index (Phi) is 52.9. The molecule has 0 saturated heterocycles. The van der Waals surface area contributed by atoms with Crippen LogP contribution in [0.4, 0.5) is 0 Å². The number of phosphoric acid groups is 1. The maximum Gasteiger partial charge on any atom is 0.306 e. The van der Waals surface area contributed by atoms with Crippen LogP contribution < -0.4 is 10.2 Å². The van der Waals surface area contributed by atoms with E-state index in [0.29, 0.717) is 17.4 Å². The average Bonchev–Trinajstić information content (AvgIpc) is 3.37. The van der Waals surface area contributed by atoms with Crippen LogP contribution in [0.25, 0.3) is 0 Å². The van der Waals surface area contributed by atoms with Gasteiger partial charge in [-0.15, -0.1) is 0 Å². The molecule has 10 heteroatoms. The minimum Gasteiger partial charge on any atom is -0.756 e. The minimum absolute atomic E-state index is 0.0342. The van der Waals surface area contributed by atoms with E-state index >= 15 is 0 Å². The number of allylic oxidation sites excluding steroid dienone is 11. The molecule has 0 fully saturated rings. The smallest absolute Gasteiger partial charge is 0.306 e. The molecule has 0 aliphatic carbocycles. The quantitative estimate of drug-likeness (QED) is 0.0212. The standard InChI is InChI=1S/C65H119N2O7P/c1-7-10-13-16-19-22-25-27-29-31-32-33-34-36-38-40-43-46-49-52-55-58-65(69)74-63(56-53-50-47-44-41-24-21-18-15-12-9-3)62(61-73-75(70,71)72-60-59-67(4,5)6)66-64(68)57-54-51-48-45-42-39-37-35-30-28-26-23-20-17-14-11-8-2/h20,23,27-30,37,39,45,48,53,56,62-63H,7-19,21-22,24-26,31-36,38,40-44,46-47,49-52,54-55,57-61H2,1-6H3,(H-,66,68,70,71)/b23-20-,29-27+,30-28-,39-37-,48-45-,56-53+. The van der Waals surface area contributed by atoms with Gasteiger partial charge in [0.25, 0.3) is 7.82 Å². The Hall–Kier alpha value is -2.55. The molecule has 0 aromatic rings. The largest absolute Gasteiger partial charge is 0.756 e. The van der Waals surface area contributed by atoms with E-state index in [9.17, 15) is 19.0 Å². The van der Waals surface area contributed by atoms with Crippen LogP contribution in [0, 0.1) is 0 Å². The number of carbonyl (C=O) groups excluding carboxylic acids is 2. The van der Waals surface area contributed by atoms with Crippen molar-refractivity contribution in [2.24, 2.45) is 0 Å². The number of esters is 1. The number of nitrogens with one attached hydrogen (secondary N) is 1. The summed E-state index contributed by atoms with van der Waals surface area (Å²) in [6.07, 6.45) is 70.2. The fourth-order valence-corrected chi connectivity index (χ4v) is 9.47. The first-order valence-corrected chi connectivity index (χ1v) is 32.7. The van der Waals surface area contributed by atoms with Gasteiger partial charge in [0, 0.05) is 12.8 Å². The van der Waals surface area contributed by atoms with E-state index in [2.05, 4.69) is 86.8 Å². The van der Waals surface area contributed by atoms with E-state index in [1.807, 2.05) is 33.3 Å². The summed E-state index contributed by atoms with van der Waals surface area (Å²) in [6, 6.07) is -0.918. The van der Waals surface area contributed by atoms with Gasteiger partial charge in [0.2, 0.25) is 5.91 Å². The average molecular weight is 1070 g/mol. The Bertz CT molecular complexity index is 1510. The zero-order chi connectivity index (χ0) is 55.0. The number of unbranched alkanes of at least 4 members (excludes halogenated alkanes) is 30. The van der Waals surface area contributed by atoms with E-state index in [1.165, 1.54) is 173 Å². The van der Waals surface area contributed by atoms with Crippen LogP contribution in [-0.2, 0) is 27.9 Å². The van der Waals surface area contributed by atoms with Crippen LogP contribution in [0.15, 0.2) is 72.9 Å². The lowest BCUT2D eigenvalue weighted by Crippen LogP contribution is -2.47. The summed E-state index contributed by atoms with van der Waals surface area (Å²) in [4.78, 5) is 39.9. The molecule has 3 unspecified atom stereocenters. The zero-order valence-corrected chi connectivity index (χ0v) is 50.6. The monoisotopic (exact) mass is 1070 g/mol. The number of rotatable bonds is 56. The van der Waals surface area contributed by atoms with Crippen LogP contribution >= 0.6 is 7.82 Å². The summed E-state index contributed by atoms with van der Waals surface area (Å²) in [6.45, 7) is 6.77. The molecule has 1 amide bonds. The number of nitrogens with zero attached hydrogens (tertiary/aromatic N) is 1. The van der Waals surface area contributed by atoms with Gasteiger partial charge in [0.15, 0.2) is 0 Å². The summed E-state index contributed by atoms with van der Waals surface area (Å²) in [5.41, 5.74) is 0. The molecule has 0 bridgehead atoms. The second-order valence-electron chi connectivity index (χ2n) is 22.2. The summed E-state index contributed by atoms with van der Waals surface area (Å²) < 4.78 is 30.3. The maximum atomic E-state index is 13.5. The summed E-state index contributed by atoms with van der Waals surface area (Å²) in [5.74, 6) is -0.605. The second kappa shape index (κ2) is 54.8. The highest BCUT2D eigenvalue weighted by molar-refractivity contribution is 7.45. The summed E-state index contributed by atoms with van der Waals surface area (Å²) in [5, 5.41) is 2.99. The number of carbonyl (C=O) groups is 2. The number of phosphoric ester groups is 1. The third-order valence-corrected chi connectivity index (χ3v) is 14.6. The fourth-order valence-electron chi connectivity index (χ4n) is 8.74. The Morgan fingerprint density at radius 2 is 0.827 bits per heavy atom. The van der Waals surface area contributed by atoms with E-state index in [1.54, 1.807) is 0 Å². The molecule has 0 heterocycles. The third-order valence-electron chi connectivity index (χ3n) is 13.6. The predicted octanol–water partition coefficient (Wildman–Crippen LogP) is 18.6. The lowest BCUT2D eigenvalue weighted by atomic mass is 10.0. The lowest BCUT2D eigenvalue weighted by molar-refractivity contribution is -0.870. The lowest BCUT2D eigenvalue weighted by Gasteiger charge is -2.30. The summed E-state index contributed by atoms with van der Waals surface area (Å²) in [7, 11) is 1.15. The van der Waals surface area contributed by atoms with Crippen LogP contribution in [0.2, 0.25) is 0 Å². The molecule has 0 rings (SSSR count). The fraction of sp³-hybridized carbons (Fsp3) is 0.785. The molecule has 0 aliphatic heterocycles. The van der Waals surface area contributed by atoms with Crippen molar-refractivity contribution in [2.75, 3.05) is 40.9 Å². The van der Waals surface area contributed by atoms with E-state index in [4.69, 9.17) is 13.8 Å². The molecular formula is C65H119N2O7P. The highest BCUT2D eigenvalue weighted by atomic mass is 31.2. The maximum absolute atomic E-state index is 13.5. The van der Waals surface area contributed by atoms with Gasteiger partial charge in [0.1, 0.15) is 19.3 Å². The van der Waals surface area contributed by atoms with E-state index < -0.39 is 26.6 Å². The SMILES string of the molecule is CCCCC/C=C\C/C=C\C/C=C\C/C=C\CCCC(=O)NC(COP(=O)([O-])OCC[N+](C)(C)C)C(/C=C/CCCCCCCCCCC)OC(=O)CCCCCCCCCCCCC/C=C/CCCCCCCC. The van der Waals surface area contributed by atoms with Gasteiger partial charge < -0.3 is 28.5 Å². The number of hydrogen-bond donors (Lipinski definition) is 1. The Morgan fingerprint density at radius 1 is 0.467 bits per heavy atom. The normalized spacial score (nSPS) is 14.2.